The van der Waals surface area contributed by atoms with E-state index >= 15 is 0 Å². The standard InChI is InChI=1S/C13H13NO3/c1-2-11(16)14-8-10(15)12(13(14)17)9-6-4-3-5-7-9/h3-7,15H,2,8H2,1H3. The Hall–Kier alpha value is -2.10. The molecule has 0 saturated heterocycles. The summed E-state index contributed by atoms with van der Waals surface area (Å²) in [7, 11) is 0. The number of carbonyl (C=O) groups excluding carboxylic acids is 2. The number of benzene rings is 1. The lowest BCUT2D eigenvalue weighted by Crippen LogP contribution is -2.33. The molecule has 88 valence electrons. The van der Waals surface area contributed by atoms with Gasteiger partial charge >= 0.3 is 0 Å². The lowest BCUT2D eigenvalue weighted by molar-refractivity contribution is -0.140. The summed E-state index contributed by atoms with van der Waals surface area (Å²) < 4.78 is 0. The molecule has 2 rings (SSSR count). The molecule has 0 saturated carbocycles. The van der Waals surface area contributed by atoms with Crippen LogP contribution in [-0.4, -0.2) is 28.4 Å². The normalized spacial score (nSPS) is 15.6. The first kappa shape index (κ1) is 11.4. The number of imide groups is 1. The van der Waals surface area contributed by atoms with E-state index in [0.717, 1.165) is 4.90 Å². The van der Waals surface area contributed by atoms with E-state index in [0.29, 0.717) is 5.56 Å². The van der Waals surface area contributed by atoms with Gasteiger partial charge in [-0.1, -0.05) is 37.3 Å². The Labute approximate surface area is 99.2 Å². The Morgan fingerprint density at radius 1 is 1.35 bits per heavy atom. The molecule has 0 bridgehead atoms. The highest BCUT2D eigenvalue weighted by Crippen LogP contribution is 2.26. The largest absolute Gasteiger partial charge is 0.510 e. The Morgan fingerprint density at radius 2 is 2.00 bits per heavy atom. The second kappa shape index (κ2) is 4.41. The summed E-state index contributed by atoms with van der Waals surface area (Å²) in [6.07, 6.45) is 0.251. The van der Waals surface area contributed by atoms with Gasteiger partial charge in [-0.2, -0.15) is 0 Å². The highest BCUT2D eigenvalue weighted by atomic mass is 16.3. The van der Waals surface area contributed by atoms with E-state index in [1.165, 1.54) is 0 Å². The van der Waals surface area contributed by atoms with Crippen molar-refractivity contribution in [3.63, 3.8) is 0 Å². The molecule has 0 spiro atoms. The van der Waals surface area contributed by atoms with Crippen LogP contribution in [0.4, 0.5) is 0 Å². The van der Waals surface area contributed by atoms with E-state index in [1.54, 1.807) is 31.2 Å². The molecule has 17 heavy (non-hydrogen) atoms. The summed E-state index contributed by atoms with van der Waals surface area (Å²) in [5.41, 5.74) is 0.869. The number of hydrogen-bond donors (Lipinski definition) is 1. The number of amides is 2. The van der Waals surface area contributed by atoms with Gasteiger partial charge in [0.05, 0.1) is 12.1 Å². The van der Waals surface area contributed by atoms with Crippen molar-refractivity contribution >= 4 is 17.4 Å². The molecule has 1 heterocycles. The SMILES string of the molecule is CCC(=O)N1CC(O)=C(c2ccccc2)C1=O. The van der Waals surface area contributed by atoms with Crippen molar-refractivity contribution in [1.29, 1.82) is 0 Å². The minimum atomic E-state index is -0.416. The fraction of sp³-hybridized carbons (Fsp3) is 0.231. The molecule has 0 unspecified atom stereocenters. The predicted molar refractivity (Wildman–Crippen MR) is 63.0 cm³/mol. The van der Waals surface area contributed by atoms with Crippen molar-refractivity contribution in [3.05, 3.63) is 41.7 Å². The van der Waals surface area contributed by atoms with Crippen LogP contribution in [0.5, 0.6) is 0 Å². The van der Waals surface area contributed by atoms with Gasteiger partial charge in [0.2, 0.25) is 5.91 Å². The molecule has 0 fully saturated rings. The molecule has 0 atom stereocenters. The fourth-order valence-electron chi connectivity index (χ4n) is 1.85. The summed E-state index contributed by atoms with van der Waals surface area (Å²) in [5, 5.41) is 9.79. The molecule has 1 N–H and O–H groups in total. The van der Waals surface area contributed by atoms with Gasteiger partial charge in [0.25, 0.3) is 5.91 Å². The molecule has 1 aliphatic rings. The fourth-order valence-corrected chi connectivity index (χ4v) is 1.85. The molecule has 0 aromatic heterocycles. The molecule has 0 radical (unpaired) electrons. The minimum absolute atomic E-state index is 0.0181. The van der Waals surface area contributed by atoms with Crippen molar-refractivity contribution in [2.45, 2.75) is 13.3 Å². The molecule has 4 heteroatoms. The number of nitrogens with zero attached hydrogens (tertiary/aromatic N) is 1. The number of hydrogen-bond acceptors (Lipinski definition) is 3. The Balaban J connectivity index is 2.34. The first-order valence-electron chi connectivity index (χ1n) is 5.47. The lowest BCUT2D eigenvalue weighted by Gasteiger charge is -2.12. The van der Waals surface area contributed by atoms with Gasteiger partial charge in [0, 0.05) is 6.42 Å². The lowest BCUT2D eigenvalue weighted by atomic mass is 10.1. The third-order valence-electron chi connectivity index (χ3n) is 2.72. The van der Waals surface area contributed by atoms with E-state index in [2.05, 4.69) is 0 Å². The maximum absolute atomic E-state index is 12.0. The van der Waals surface area contributed by atoms with Crippen molar-refractivity contribution in [1.82, 2.24) is 4.90 Å². The summed E-state index contributed by atoms with van der Waals surface area (Å²) in [4.78, 5) is 24.6. The van der Waals surface area contributed by atoms with Gasteiger partial charge in [-0.25, -0.2) is 0 Å². The van der Waals surface area contributed by atoms with Crippen LogP contribution in [0, 0.1) is 0 Å². The molecule has 1 aromatic rings. The Kier molecular flexibility index (Phi) is 2.95. The maximum Gasteiger partial charge on any atom is 0.264 e. The van der Waals surface area contributed by atoms with E-state index in [1.807, 2.05) is 6.07 Å². The first-order chi connectivity index (χ1) is 8.15. The quantitative estimate of drug-likeness (QED) is 0.843. The van der Waals surface area contributed by atoms with Crippen LogP contribution < -0.4 is 0 Å². The van der Waals surface area contributed by atoms with Crippen molar-refractivity contribution < 1.29 is 14.7 Å². The molecule has 1 aromatic carbocycles. The predicted octanol–water partition coefficient (Wildman–Crippen LogP) is 1.73. The van der Waals surface area contributed by atoms with Gasteiger partial charge in [-0.3, -0.25) is 14.5 Å². The number of aliphatic hydroxyl groups is 1. The van der Waals surface area contributed by atoms with Crippen LogP contribution >= 0.6 is 0 Å². The van der Waals surface area contributed by atoms with Crippen molar-refractivity contribution in [2.24, 2.45) is 0 Å². The maximum atomic E-state index is 12.0. The van der Waals surface area contributed by atoms with E-state index in [9.17, 15) is 14.7 Å². The van der Waals surface area contributed by atoms with E-state index in [-0.39, 0.29) is 30.2 Å². The zero-order chi connectivity index (χ0) is 12.4. The average Bonchev–Trinajstić information content (AvgIpc) is 2.65. The van der Waals surface area contributed by atoms with Crippen LogP contribution in [0.3, 0.4) is 0 Å². The van der Waals surface area contributed by atoms with Gasteiger partial charge in [-0.05, 0) is 5.56 Å². The van der Waals surface area contributed by atoms with E-state index in [4.69, 9.17) is 0 Å². The number of aliphatic hydroxyl groups excluding tert-OH is 1. The molecule has 1 aliphatic heterocycles. The van der Waals surface area contributed by atoms with Crippen LogP contribution in [0.15, 0.2) is 36.1 Å². The zero-order valence-corrected chi connectivity index (χ0v) is 9.51. The summed E-state index contributed by atoms with van der Waals surface area (Å²) in [5.74, 6) is -0.726. The van der Waals surface area contributed by atoms with Crippen molar-refractivity contribution in [3.8, 4) is 0 Å². The third-order valence-corrected chi connectivity index (χ3v) is 2.72. The second-order valence-electron chi connectivity index (χ2n) is 3.83. The molecule has 2 amide bonds. The highest BCUT2D eigenvalue weighted by molar-refractivity contribution is 6.26. The van der Waals surface area contributed by atoms with Gasteiger partial charge < -0.3 is 5.11 Å². The molecule has 0 aliphatic carbocycles. The molecular formula is C13H13NO3. The minimum Gasteiger partial charge on any atom is -0.510 e. The third kappa shape index (κ3) is 1.93. The molecular weight excluding hydrogens is 218 g/mol. The number of carbonyl (C=O) groups is 2. The summed E-state index contributed by atoms with van der Waals surface area (Å²) in [6, 6.07) is 8.88. The average molecular weight is 231 g/mol. The Bertz CT molecular complexity index is 491. The smallest absolute Gasteiger partial charge is 0.264 e. The van der Waals surface area contributed by atoms with Crippen LogP contribution in [-0.2, 0) is 9.59 Å². The molecule has 4 nitrogen and oxygen atoms in total. The summed E-state index contributed by atoms with van der Waals surface area (Å²) in [6.45, 7) is 1.67. The van der Waals surface area contributed by atoms with Gasteiger partial charge in [0.1, 0.15) is 5.76 Å². The Morgan fingerprint density at radius 3 is 2.59 bits per heavy atom. The zero-order valence-electron chi connectivity index (χ0n) is 9.51. The van der Waals surface area contributed by atoms with Crippen LogP contribution in [0.1, 0.15) is 18.9 Å². The van der Waals surface area contributed by atoms with Crippen molar-refractivity contribution in [2.75, 3.05) is 6.54 Å². The number of rotatable bonds is 2. The van der Waals surface area contributed by atoms with Crippen LogP contribution in [0.2, 0.25) is 0 Å². The monoisotopic (exact) mass is 231 g/mol. The summed E-state index contributed by atoms with van der Waals surface area (Å²) >= 11 is 0. The second-order valence-corrected chi connectivity index (χ2v) is 3.83. The van der Waals surface area contributed by atoms with Gasteiger partial charge in [0.15, 0.2) is 0 Å². The van der Waals surface area contributed by atoms with Crippen LogP contribution in [0.25, 0.3) is 5.57 Å². The van der Waals surface area contributed by atoms with Gasteiger partial charge in [-0.15, -0.1) is 0 Å². The topological polar surface area (TPSA) is 57.6 Å². The first-order valence-corrected chi connectivity index (χ1v) is 5.47. The van der Waals surface area contributed by atoms with E-state index < -0.39 is 5.91 Å². The highest BCUT2D eigenvalue weighted by Gasteiger charge is 2.34.